The highest BCUT2D eigenvalue weighted by Crippen LogP contribution is 2.47. The molecule has 3 aromatic rings. The molecular formula is C25H25N3O4. The molecule has 2 aromatic heterocycles. The van der Waals surface area contributed by atoms with E-state index in [1.54, 1.807) is 23.5 Å². The number of allylic oxidation sites excluding steroid dienone is 1. The predicted octanol–water partition coefficient (Wildman–Crippen LogP) is 5.37. The Morgan fingerprint density at radius 1 is 1.06 bits per heavy atom. The molecule has 2 N–H and O–H groups in total. The number of fused-ring (bicyclic) bond motifs is 1. The van der Waals surface area contributed by atoms with Crippen molar-refractivity contribution in [3.63, 3.8) is 0 Å². The molecule has 7 heteroatoms. The predicted molar refractivity (Wildman–Crippen MR) is 120 cm³/mol. The Hall–Kier alpha value is -3.74. The quantitative estimate of drug-likeness (QED) is 0.580. The largest absolute Gasteiger partial charge is 0.469 e. The highest BCUT2D eigenvalue weighted by Gasteiger charge is 2.43. The number of nitrogens with zero attached hydrogens (tertiary/aromatic N) is 1. The zero-order chi connectivity index (χ0) is 22.1. The minimum absolute atomic E-state index is 0.0253. The van der Waals surface area contributed by atoms with Crippen molar-refractivity contribution in [2.75, 3.05) is 16.8 Å². The molecule has 0 saturated heterocycles. The molecule has 0 unspecified atom stereocenters. The summed E-state index contributed by atoms with van der Waals surface area (Å²) in [4.78, 5) is 28.6. The summed E-state index contributed by atoms with van der Waals surface area (Å²) in [7, 11) is 0. The molecule has 0 bridgehead atoms. The van der Waals surface area contributed by atoms with Gasteiger partial charge in [-0.05, 0) is 49.2 Å². The lowest BCUT2D eigenvalue weighted by molar-refractivity contribution is -0.116. The van der Waals surface area contributed by atoms with Gasteiger partial charge in [-0.1, -0.05) is 19.1 Å². The zero-order valence-corrected chi connectivity index (χ0v) is 17.8. The molecule has 2 amide bonds. The van der Waals surface area contributed by atoms with Crippen LogP contribution in [0.5, 0.6) is 0 Å². The third kappa shape index (κ3) is 3.49. The maximum atomic E-state index is 13.6. The lowest BCUT2D eigenvalue weighted by atomic mass is 9.81. The molecule has 2 atom stereocenters. The second kappa shape index (κ2) is 8.42. The van der Waals surface area contributed by atoms with Gasteiger partial charge in [-0.25, -0.2) is 4.79 Å². The van der Waals surface area contributed by atoms with E-state index in [1.165, 1.54) is 0 Å². The average molecular weight is 431 g/mol. The van der Waals surface area contributed by atoms with Gasteiger partial charge in [-0.3, -0.25) is 9.69 Å². The van der Waals surface area contributed by atoms with Crippen LogP contribution in [0, 0.1) is 0 Å². The molecule has 0 saturated carbocycles. The van der Waals surface area contributed by atoms with Gasteiger partial charge in [-0.2, -0.15) is 0 Å². The maximum absolute atomic E-state index is 13.6. The number of para-hydroxylation sites is 2. The molecule has 7 nitrogen and oxygen atoms in total. The molecule has 0 fully saturated rings. The van der Waals surface area contributed by atoms with Gasteiger partial charge in [0.05, 0.1) is 23.9 Å². The van der Waals surface area contributed by atoms with Crippen LogP contribution in [-0.2, 0) is 4.79 Å². The van der Waals surface area contributed by atoms with Gasteiger partial charge in [0.15, 0.2) is 5.78 Å². The number of amides is 2. The van der Waals surface area contributed by atoms with E-state index in [0.29, 0.717) is 36.4 Å². The van der Waals surface area contributed by atoms with Crippen molar-refractivity contribution in [3.05, 3.63) is 83.8 Å². The third-order valence-electron chi connectivity index (χ3n) is 5.99. The van der Waals surface area contributed by atoms with Crippen molar-refractivity contribution in [1.82, 2.24) is 5.32 Å². The van der Waals surface area contributed by atoms with E-state index in [1.807, 2.05) is 49.4 Å². The Morgan fingerprint density at radius 3 is 2.53 bits per heavy atom. The number of hydrogen-bond acceptors (Lipinski definition) is 5. The lowest BCUT2D eigenvalue weighted by Crippen LogP contribution is -2.44. The van der Waals surface area contributed by atoms with Crippen molar-refractivity contribution >= 4 is 23.2 Å². The highest BCUT2D eigenvalue weighted by molar-refractivity contribution is 6.05. The van der Waals surface area contributed by atoms with Gasteiger partial charge < -0.3 is 19.5 Å². The molecule has 2 aliphatic rings. The number of hydrogen-bond donors (Lipinski definition) is 2. The van der Waals surface area contributed by atoms with Crippen LogP contribution in [-0.4, -0.2) is 18.4 Å². The molecule has 1 aliphatic carbocycles. The number of nitrogens with one attached hydrogen (secondary N) is 2. The molecule has 1 aliphatic heterocycles. The number of urea groups is 1. The van der Waals surface area contributed by atoms with E-state index in [4.69, 9.17) is 8.83 Å². The first-order valence-electron chi connectivity index (χ1n) is 10.9. The van der Waals surface area contributed by atoms with Gasteiger partial charge >= 0.3 is 6.03 Å². The first kappa shape index (κ1) is 20.2. The van der Waals surface area contributed by atoms with Crippen molar-refractivity contribution in [1.29, 1.82) is 0 Å². The van der Waals surface area contributed by atoms with E-state index in [0.717, 1.165) is 23.6 Å². The Labute approximate surface area is 186 Å². The average Bonchev–Trinajstić information content (AvgIpc) is 3.49. The molecule has 32 heavy (non-hydrogen) atoms. The number of benzene rings is 1. The summed E-state index contributed by atoms with van der Waals surface area (Å²) >= 11 is 0. The minimum Gasteiger partial charge on any atom is -0.469 e. The van der Waals surface area contributed by atoms with Crippen molar-refractivity contribution in [2.45, 2.75) is 38.1 Å². The standard InChI is InChI=1S/C25H25N3O4/c1-2-11-26-25(30)28-19-8-4-3-7-17(19)27-18-14-16(21-9-5-12-31-21)15-20(29)23(18)24(28)22-10-6-13-32-22/h3-10,12-13,16,24,27H,2,11,14-15H2,1H3,(H,26,30)/t16-,24+/m1/s1. The van der Waals surface area contributed by atoms with E-state index in [9.17, 15) is 9.59 Å². The lowest BCUT2D eigenvalue weighted by Gasteiger charge is -2.33. The minimum atomic E-state index is -0.668. The second-order valence-electron chi connectivity index (χ2n) is 8.10. The van der Waals surface area contributed by atoms with Gasteiger partial charge in [0.2, 0.25) is 0 Å². The molecule has 0 radical (unpaired) electrons. The molecule has 0 spiro atoms. The van der Waals surface area contributed by atoms with Gasteiger partial charge in [-0.15, -0.1) is 0 Å². The number of anilines is 2. The number of ketones is 1. The summed E-state index contributed by atoms with van der Waals surface area (Å²) in [6, 6.07) is 14.0. The Kier molecular flexibility index (Phi) is 5.31. The van der Waals surface area contributed by atoms with Gasteiger partial charge in [0.25, 0.3) is 0 Å². The summed E-state index contributed by atoms with van der Waals surface area (Å²) in [6.45, 7) is 2.54. The molecule has 3 heterocycles. The monoisotopic (exact) mass is 431 g/mol. The first-order valence-corrected chi connectivity index (χ1v) is 10.9. The van der Waals surface area contributed by atoms with Crippen LogP contribution >= 0.6 is 0 Å². The van der Waals surface area contributed by atoms with Crippen LogP contribution in [0.4, 0.5) is 16.2 Å². The number of Topliss-reactive ketones (excluding diaryl/α,β-unsaturated/α-hetero) is 1. The number of rotatable bonds is 4. The first-order chi connectivity index (χ1) is 15.7. The van der Waals surface area contributed by atoms with Crippen LogP contribution in [0.15, 0.2) is 81.2 Å². The van der Waals surface area contributed by atoms with Crippen LogP contribution < -0.4 is 15.5 Å². The Bertz CT molecular complexity index is 1150. The highest BCUT2D eigenvalue weighted by atomic mass is 16.3. The van der Waals surface area contributed by atoms with E-state index in [-0.39, 0.29) is 17.7 Å². The molecular weight excluding hydrogens is 406 g/mol. The van der Waals surface area contributed by atoms with E-state index >= 15 is 0 Å². The van der Waals surface area contributed by atoms with E-state index in [2.05, 4.69) is 10.6 Å². The summed E-state index contributed by atoms with van der Waals surface area (Å²) in [5, 5.41) is 6.44. The Balaban J connectivity index is 1.67. The second-order valence-corrected chi connectivity index (χ2v) is 8.10. The summed E-state index contributed by atoms with van der Waals surface area (Å²) in [6.07, 6.45) is 4.92. The van der Waals surface area contributed by atoms with Gasteiger partial charge in [0, 0.05) is 30.2 Å². The fourth-order valence-corrected chi connectivity index (χ4v) is 4.57. The Morgan fingerprint density at radius 2 is 1.81 bits per heavy atom. The van der Waals surface area contributed by atoms with Crippen LogP contribution in [0.1, 0.15) is 49.7 Å². The topological polar surface area (TPSA) is 87.7 Å². The van der Waals surface area contributed by atoms with Crippen LogP contribution in [0.2, 0.25) is 0 Å². The number of furan rings is 2. The summed E-state index contributed by atoms with van der Waals surface area (Å²) in [5.74, 6) is 1.25. The van der Waals surface area contributed by atoms with Gasteiger partial charge in [0.1, 0.15) is 17.6 Å². The maximum Gasteiger partial charge on any atom is 0.322 e. The number of carbonyl (C=O) groups excluding carboxylic acids is 2. The fraction of sp³-hybridized carbons (Fsp3) is 0.280. The van der Waals surface area contributed by atoms with Crippen molar-refractivity contribution in [2.24, 2.45) is 0 Å². The summed E-state index contributed by atoms with van der Waals surface area (Å²) in [5.41, 5.74) is 2.82. The van der Waals surface area contributed by atoms with E-state index < -0.39 is 6.04 Å². The summed E-state index contributed by atoms with van der Waals surface area (Å²) < 4.78 is 11.4. The normalized spacial score (nSPS) is 20.3. The molecule has 1 aromatic carbocycles. The SMILES string of the molecule is CCCNC(=O)N1c2ccccc2NC2=C(C(=O)C[C@H](c3ccco3)C2)[C@@H]1c1ccco1. The molecule has 164 valence electrons. The smallest absolute Gasteiger partial charge is 0.322 e. The van der Waals surface area contributed by atoms with Crippen molar-refractivity contribution < 1.29 is 18.4 Å². The fourth-order valence-electron chi connectivity index (χ4n) is 4.57. The van der Waals surface area contributed by atoms with Crippen LogP contribution in [0.25, 0.3) is 0 Å². The zero-order valence-electron chi connectivity index (χ0n) is 17.8. The molecule has 5 rings (SSSR count). The third-order valence-corrected chi connectivity index (χ3v) is 5.99. The van der Waals surface area contributed by atoms with Crippen molar-refractivity contribution in [3.8, 4) is 0 Å². The van der Waals surface area contributed by atoms with Crippen LogP contribution in [0.3, 0.4) is 0 Å². The number of carbonyl (C=O) groups is 2.